The number of rotatable bonds is 6. The Morgan fingerprint density at radius 3 is 2.67 bits per heavy atom. The number of carbonyl (C=O) groups excluding carboxylic acids is 1. The number of benzene rings is 2. The summed E-state index contributed by atoms with van der Waals surface area (Å²) in [6, 6.07) is 17.2. The first kappa shape index (κ1) is 16.5. The summed E-state index contributed by atoms with van der Waals surface area (Å²) in [5, 5.41) is 10.9. The van der Waals surface area contributed by atoms with Crippen molar-refractivity contribution in [3.05, 3.63) is 65.2 Å². The molecule has 7 heteroatoms. The SMILES string of the molecule is O=C(CSc1n[nH]c(-c2ccccc2Cl)n1)NCc1ccccc1. The molecule has 2 aromatic carbocycles. The quantitative estimate of drug-likeness (QED) is 0.661. The third-order valence-corrected chi connectivity index (χ3v) is 4.44. The van der Waals surface area contributed by atoms with E-state index in [2.05, 4.69) is 20.5 Å². The highest BCUT2D eigenvalue weighted by atomic mass is 35.5. The van der Waals surface area contributed by atoms with Crippen molar-refractivity contribution in [3.63, 3.8) is 0 Å². The second kappa shape index (κ2) is 7.99. The number of carbonyl (C=O) groups is 1. The molecule has 1 amide bonds. The number of H-pyrrole nitrogens is 1. The number of aromatic amines is 1. The van der Waals surface area contributed by atoms with E-state index in [1.54, 1.807) is 6.07 Å². The minimum atomic E-state index is -0.0621. The normalized spacial score (nSPS) is 10.5. The van der Waals surface area contributed by atoms with E-state index in [4.69, 9.17) is 11.6 Å². The van der Waals surface area contributed by atoms with E-state index in [1.165, 1.54) is 11.8 Å². The smallest absolute Gasteiger partial charge is 0.230 e. The van der Waals surface area contributed by atoms with Gasteiger partial charge in [0.05, 0.1) is 10.8 Å². The van der Waals surface area contributed by atoms with Crippen LogP contribution in [0.3, 0.4) is 0 Å². The van der Waals surface area contributed by atoms with Crippen molar-refractivity contribution in [3.8, 4) is 11.4 Å². The number of halogens is 1. The lowest BCUT2D eigenvalue weighted by Crippen LogP contribution is -2.24. The van der Waals surface area contributed by atoms with Crippen LogP contribution in [-0.4, -0.2) is 26.8 Å². The number of nitrogens with one attached hydrogen (secondary N) is 2. The zero-order chi connectivity index (χ0) is 16.8. The minimum Gasteiger partial charge on any atom is -0.351 e. The zero-order valence-corrected chi connectivity index (χ0v) is 14.3. The number of hydrogen-bond acceptors (Lipinski definition) is 4. The maximum absolute atomic E-state index is 11.9. The minimum absolute atomic E-state index is 0.0621. The fourth-order valence-electron chi connectivity index (χ4n) is 2.06. The van der Waals surface area contributed by atoms with Crippen molar-refractivity contribution in [2.45, 2.75) is 11.7 Å². The molecule has 0 spiro atoms. The van der Waals surface area contributed by atoms with Gasteiger partial charge in [-0.05, 0) is 17.7 Å². The third kappa shape index (κ3) is 4.37. The Morgan fingerprint density at radius 2 is 1.88 bits per heavy atom. The monoisotopic (exact) mass is 358 g/mol. The lowest BCUT2D eigenvalue weighted by molar-refractivity contribution is -0.118. The van der Waals surface area contributed by atoms with Crippen molar-refractivity contribution in [2.24, 2.45) is 0 Å². The molecule has 3 aromatic rings. The second-order valence-corrected chi connectivity index (χ2v) is 6.35. The van der Waals surface area contributed by atoms with Gasteiger partial charge < -0.3 is 5.32 Å². The van der Waals surface area contributed by atoms with Crippen LogP contribution < -0.4 is 5.32 Å². The summed E-state index contributed by atoms with van der Waals surface area (Å²) in [6.45, 7) is 0.513. The Morgan fingerprint density at radius 1 is 1.12 bits per heavy atom. The molecule has 5 nitrogen and oxygen atoms in total. The van der Waals surface area contributed by atoms with Crippen molar-refractivity contribution in [1.82, 2.24) is 20.5 Å². The molecule has 0 aliphatic carbocycles. The Hall–Kier alpha value is -2.31. The number of nitrogens with zero attached hydrogens (tertiary/aromatic N) is 2. The maximum atomic E-state index is 11.9. The molecule has 1 aromatic heterocycles. The first-order valence-corrected chi connectivity index (χ1v) is 8.69. The van der Waals surface area contributed by atoms with Crippen LogP contribution in [0.5, 0.6) is 0 Å². The van der Waals surface area contributed by atoms with Crippen LogP contribution in [0.2, 0.25) is 5.02 Å². The lowest BCUT2D eigenvalue weighted by atomic mass is 10.2. The molecule has 0 saturated heterocycles. The average Bonchev–Trinajstić information content (AvgIpc) is 3.08. The molecule has 0 aliphatic rings. The van der Waals surface area contributed by atoms with Crippen molar-refractivity contribution in [2.75, 3.05) is 5.75 Å². The van der Waals surface area contributed by atoms with Crippen LogP contribution in [-0.2, 0) is 11.3 Å². The van der Waals surface area contributed by atoms with Gasteiger partial charge in [-0.1, -0.05) is 65.8 Å². The molecule has 0 radical (unpaired) electrons. The van der Waals surface area contributed by atoms with Gasteiger partial charge >= 0.3 is 0 Å². The van der Waals surface area contributed by atoms with Gasteiger partial charge in [0.15, 0.2) is 5.82 Å². The summed E-state index contributed by atoms with van der Waals surface area (Å²) in [5.41, 5.74) is 1.85. The van der Waals surface area contributed by atoms with Crippen molar-refractivity contribution in [1.29, 1.82) is 0 Å². The average molecular weight is 359 g/mol. The summed E-state index contributed by atoms with van der Waals surface area (Å²) in [6.07, 6.45) is 0. The lowest BCUT2D eigenvalue weighted by Gasteiger charge is -2.03. The highest BCUT2D eigenvalue weighted by molar-refractivity contribution is 7.99. The maximum Gasteiger partial charge on any atom is 0.230 e. The van der Waals surface area contributed by atoms with Gasteiger partial charge in [-0.15, -0.1) is 5.10 Å². The standard InChI is InChI=1S/C17H15ClN4OS/c18-14-9-5-4-8-13(14)16-20-17(22-21-16)24-11-15(23)19-10-12-6-2-1-3-7-12/h1-9H,10-11H2,(H,19,23)(H,20,21,22). The Balaban J connectivity index is 1.52. The Bertz CT molecular complexity index is 822. The van der Waals surface area contributed by atoms with E-state index in [9.17, 15) is 4.79 Å². The van der Waals surface area contributed by atoms with Crippen LogP contribution >= 0.6 is 23.4 Å². The molecule has 24 heavy (non-hydrogen) atoms. The largest absolute Gasteiger partial charge is 0.351 e. The first-order valence-electron chi connectivity index (χ1n) is 7.33. The number of hydrogen-bond donors (Lipinski definition) is 2. The van der Waals surface area contributed by atoms with Crippen LogP contribution in [0.1, 0.15) is 5.56 Å². The predicted octanol–water partition coefficient (Wildman–Crippen LogP) is 3.53. The molecule has 0 unspecified atom stereocenters. The van der Waals surface area contributed by atoms with Gasteiger partial charge in [-0.3, -0.25) is 9.89 Å². The fourth-order valence-corrected chi connectivity index (χ4v) is 2.92. The van der Waals surface area contributed by atoms with Crippen LogP contribution in [0.15, 0.2) is 59.8 Å². The summed E-state index contributed by atoms with van der Waals surface area (Å²) < 4.78 is 0. The highest BCUT2D eigenvalue weighted by Gasteiger charge is 2.10. The topological polar surface area (TPSA) is 70.7 Å². The Kier molecular flexibility index (Phi) is 5.51. The molecule has 122 valence electrons. The number of amides is 1. The van der Waals surface area contributed by atoms with Gasteiger partial charge in [0, 0.05) is 12.1 Å². The van der Waals surface area contributed by atoms with Crippen LogP contribution in [0, 0.1) is 0 Å². The first-order chi connectivity index (χ1) is 11.7. The van der Waals surface area contributed by atoms with Crippen LogP contribution in [0.4, 0.5) is 0 Å². The van der Waals surface area contributed by atoms with Crippen molar-refractivity contribution < 1.29 is 4.79 Å². The summed E-state index contributed by atoms with van der Waals surface area (Å²) in [5.74, 6) is 0.785. The molecule has 0 bridgehead atoms. The molecule has 0 fully saturated rings. The van der Waals surface area contributed by atoms with E-state index < -0.39 is 0 Å². The Labute approximate surface area is 148 Å². The molecular formula is C17H15ClN4OS. The van der Waals surface area contributed by atoms with Crippen LogP contribution in [0.25, 0.3) is 11.4 Å². The fraction of sp³-hybridized carbons (Fsp3) is 0.118. The van der Waals surface area contributed by atoms with Gasteiger partial charge in [0.1, 0.15) is 0 Å². The highest BCUT2D eigenvalue weighted by Crippen LogP contribution is 2.25. The molecule has 2 N–H and O–H groups in total. The summed E-state index contributed by atoms with van der Waals surface area (Å²) >= 11 is 7.41. The number of aromatic nitrogens is 3. The van der Waals surface area contributed by atoms with E-state index in [-0.39, 0.29) is 11.7 Å². The van der Waals surface area contributed by atoms with E-state index >= 15 is 0 Å². The molecular weight excluding hydrogens is 344 g/mol. The molecule has 0 aliphatic heterocycles. The van der Waals surface area contributed by atoms with Gasteiger partial charge in [0.25, 0.3) is 0 Å². The van der Waals surface area contributed by atoms with Gasteiger partial charge in [0.2, 0.25) is 11.1 Å². The molecule has 0 saturated carbocycles. The molecule has 0 atom stereocenters. The van der Waals surface area contributed by atoms with E-state index in [0.29, 0.717) is 22.5 Å². The predicted molar refractivity (Wildman–Crippen MR) is 95.8 cm³/mol. The summed E-state index contributed by atoms with van der Waals surface area (Å²) in [7, 11) is 0. The van der Waals surface area contributed by atoms with Crippen molar-refractivity contribution >= 4 is 29.3 Å². The zero-order valence-electron chi connectivity index (χ0n) is 12.7. The third-order valence-electron chi connectivity index (χ3n) is 3.26. The summed E-state index contributed by atoms with van der Waals surface area (Å²) in [4.78, 5) is 16.3. The van der Waals surface area contributed by atoms with Gasteiger partial charge in [-0.25, -0.2) is 4.98 Å². The molecule has 3 rings (SSSR count). The second-order valence-electron chi connectivity index (χ2n) is 5.00. The van der Waals surface area contributed by atoms with Gasteiger partial charge in [-0.2, -0.15) is 0 Å². The van der Waals surface area contributed by atoms with E-state index in [0.717, 1.165) is 11.1 Å². The number of thioether (sulfide) groups is 1. The molecule has 1 heterocycles. The van der Waals surface area contributed by atoms with E-state index in [1.807, 2.05) is 48.5 Å².